The van der Waals surface area contributed by atoms with Crippen molar-refractivity contribution < 1.29 is 4.79 Å². The van der Waals surface area contributed by atoms with Gasteiger partial charge in [-0.1, -0.05) is 6.07 Å². The van der Waals surface area contributed by atoms with E-state index in [1.165, 1.54) is 11.3 Å². The van der Waals surface area contributed by atoms with Crippen molar-refractivity contribution in [3.05, 3.63) is 52.0 Å². The normalized spacial score (nSPS) is 10.2. The first-order chi connectivity index (χ1) is 8.29. The zero-order valence-electron chi connectivity index (χ0n) is 9.22. The smallest absolute Gasteiger partial charge is 0.261 e. The van der Waals surface area contributed by atoms with Gasteiger partial charge in [-0.25, -0.2) is 0 Å². The van der Waals surface area contributed by atoms with E-state index in [2.05, 4.69) is 10.3 Å². The van der Waals surface area contributed by atoms with Gasteiger partial charge in [0, 0.05) is 30.4 Å². The minimum absolute atomic E-state index is 0.0708. The highest BCUT2D eigenvalue weighted by atomic mass is 32.1. The van der Waals surface area contributed by atoms with Crippen molar-refractivity contribution in [3.8, 4) is 0 Å². The summed E-state index contributed by atoms with van der Waals surface area (Å²) in [5.74, 6) is -0.0708. The Morgan fingerprint density at radius 3 is 2.94 bits per heavy atom. The third-order valence-corrected chi connectivity index (χ3v) is 3.37. The summed E-state index contributed by atoms with van der Waals surface area (Å²) >= 11 is 1.42. The summed E-state index contributed by atoms with van der Waals surface area (Å²) in [5, 5.41) is 2.84. The van der Waals surface area contributed by atoms with E-state index in [1.54, 1.807) is 18.5 Å². The fraction of sp³-hybridized carbons (Fsp3) is 0.167. The molecule has 0 aliphatic carbocycles. The quantitative estimate of drug-likeness (QED) is 0.861. The summed E-state index contributed by atoms with van der Waals surface area (Å²) in [7, 11) is 0. The van der Waals surface area contributed by atoms with E-state index in [4.69, 9.17) is 5.73 Å². The number of rotatable bonds is 4. The Bertz CT molecular complexity index is 495. The molecule has 2 rings (SSSR count). The summed E-state index contributed by atoms with van der Waals surface area (Å²) in [6, 6.07) is 7.45. The Kier molecular flexibility index (Phi) is 3.85. The lowest BCUT2D eigenvalue weighted by Gasteiger charge is -2.02. The van der Waals surface area contributed by atoms with Crippen LogP contribution in [0.4, 0.5) is 0 Å². The SMILES string of the molecule is NCc1ccc(C(=O)NCc2cccnc2)s1. The molecule has 1 amide bonds. The molecule has 17 heavy (non-hydrogen) atoms. The second-order valence-corrected chi connectivity index (χ2v) is 4.68. The largest absolute Gasteiger partial charge is 0.347 e. The molecule has 5 heteroatoms. The number of amides is 1. The van der Waals surface area contributed by atoms with Crippen LogP contribution in [0, 0.1) is 0 Å². The van der Waals surface area contributed by atoms with Crippen LogP contribution in [0.5, 0.6) is 0 Å². The van der Waals surface area contributed by atoms with Gasteiger partial charge in [-0.15, -0.1) is 11.3 Å². The van der Waals surface area contributed by atoms with Crippen molar-refractivity contribution in [2.45, 2.75) is 13.1 Å². The highest BCUT2D eigenvalue weighted by Gasteiger charge is 2.08. The summed E-state index contributed by atoms with van der Waals surface area (Å²) in [4.78, 5) is 17.5. The standard InChI is InChI=1S/C12H13N3OS/c13-6-10-3-4-11(17-10)12(16)15-8-9-2-1-5-14-7-9/h1-5,7H,6,8,13H2,(H,15,16). The lowest BCUT2D eigenvalue weighted by atomic mass is 10.3. The molecule has 0 saturated heterocycles. The van der Waals surface area contributed by atoms with Crippen molar-refractivity contribution >= 4 is 17.2 Å². The van der Waals surface area contributed by atoms with Gasteiger partial charge in [0.05, 0.1) is 4.88 Å². The summed E-state index contributed by atoms with van der Waals surface area (Å²) in [5.41, 5.74) is 6.48. The number of hydrogen-bond acceptors (Lipinski definition) is 4. The average molecular weight is 247 g/mol. The van der Waals surface area contributed by atoms with E-state index >= 15 is 0 Å². The minimum atomic E-state index is -0.0708. The molecule has 0 aromatic carbocycles. The number of hydrogen-bond donors (Lipinski definition) is 2. The Hall–Kier alpha value is -1.72. The number of carbonyl (C=O) groups is 1. The van der Waals surface area contributed by atoms with Crippen LogP contribution in [-0.4, -0.2) is 10.9 Å². The van der Waals surface area contributed by atoms with Crippen LogP contribution in [0.3, 0.4) is 0 Å². The second-order valence-electron chi connectivity index (χ2n) is 3.51. The molecule has 0 spiro atoms. The second kappa shape index (κ2) is 5.56. The zero-order chi connectivity index (χ0) is 12.1. The van der Waals surface area contributed by atoms with E-state index in [1.807, 2.05) is 18.2 Å². The van der Waals surface area contributed by atoms with Crippen molar-refractivity contribution in [2.24, 2.45) is 5.73 Å². The average Bonchev–Trinajstić information content (AvgIpc) is 2.86. The third-order valence-electron chi connectivity index (χ3n) is 2.26. The maximum absolute atomic E-state index is 11.8. The number of nitrogens with one attached hydrogen (secondary N) is 1. The number of carbonyl (C=O) groups excluding carboxylic acids is 1. The highest BCUT2D eigenvalue weighted by molar-refractivity contribution is 7.14. The van der Waals surface area contributed by atoms with Crippen molar-refractivity contribution in [2.75, 3.05) is 0 Å². The van der Waals surface area contributed by atoms with Gasteiger partial charge in [0.25, 0.3) is 5.91 Å². The van der Waals surface area contributed by atoms with Gasteiger partial charge in [0.15, 0.2) is 0 Å². The molecule has 0 bridgehead atoms. The summed E-state index contributed by atoms with van der Waals surface area (Å²) in [6.45, 7) is 0.961. The molecule has 3 N–H and O–H groups in total. The van der Waals surface area contributed by atoms with Crippen molar-refractivity contribution in [1.82, 2.24) is 10.3 Å². The molecule has 4 nitrogen and oxygen atoms in total. The van der Waals surface area contributed by atoms with Gasteiger partial charge in [0.2, 0.25) is 0 Å². The van der Waals surface area contributed by atoms with Crippen molar-refractivity contribution in [1.29, 1.82) is 0 Å². The van der Waals surface area contributed by atoms with Crippen LogP contribution in [0.2, 0.25) is 0 Å². The lowest BCUT2D eigenvalue weighted by molar-refractivity contribution is 0.0955. The van der Waals surface area contributed by atoms with Gasteiger partial charge in [0.1, 0.15) is 0 Å². The molecule has 0 radical (unpaired) electrons. The van der Waals surface area contributed by atoms with Crippen LogP contribution in [0.1, 0.15) is 20.1 Å². The lowest BCUT2D eigenvalue weighted by Crippen LogP contribution is -2.21. The van der Waals surface area contributed by atoms with Gasteiger partial charge in [-0.05, 0) is 23.8 Å². The van der Waals surface area contributed by atoms with Crippen LogP contribution < -0.4 is 11.1 Å². The Morgan fingerprint density at radius 1 is 1.41 bits per heavy atom. The number of nitrogens with zero attached hydrogens (tertiary/aromatic N) is 1. The highest BCUT2D eigenvalue weighted by Crippen LogP contribution is 2.15. The molecule has 0 aliphatic heterocycles. The Morgan fingerprint density at radius 2 is 2.29 bits per heavy atom. The molecule has 2 heterocycles. The Balaban J connectivity index is 1.93. The molecule has 2 aromatic heterocycles. The summed E-state index contributed by atoms with van der Waals surface area (Å²) < 4.78 is 0. The Labute approximate surface area is 103 Å². The molecular weight excluding hydrogens is 234 g/mol. The third kappa shape index (κ3) is 3.12. The predicted octanol–water partition coefficient (Wildman–Crippen LogP) is 1.53. The van der Waals surface area contributed by atoms with Crippen LogP contribution >= 0.6 is 11.3 Å². The first-order valence-corrected chi connectivity index (χ1v) is 6.07. The van der Waals surface area contributed by atoms with Crippen LogP contribution in [0.25, 0.3) is 0 Å². The van der Waals surface area contributed by atoms with Gasteiger partial charge in [-0.3, -0.25) is 9.78 Å². The minimum Gasteiger partial charge on any atom is -0.347 e. The maximum Gasteiger partial charge on any atom is 0.261 e. The van der Waals surface area contributed by atoms with Gasteiger partial charge < -0.3 is 11.1 Å². The van der Waals surface area contributed by atoms with Gasteiger partial charge in [-0.2, -0.15) is 0 Å². The molecule has 88 valence electrons. The molecule has 0 atom stereocenters. The number of thiophene rings is 1. The van der Waals surface area contributed by atoms with Crippen LogP contribution in [-0.2, 0) is 13.1 Å². The number of pyridine rings is 1. The van der Waals surface area contributed by atoms with E-state index in [9.17, 15) is 4.79 Å². The van der Waals surface area contributed by atoms with E-state index in [-0.39, 0.29) is 5.91 Å². The van der Waals surface area contributed by atoms with E-state index < -0.39 is 0 Å². The summed E-state index contributed by atoms with van der Waals surface area (Å²) in [6.07, 6.45) is 3.44. The maximum atomic E-state index is 11.8. The molecule has 0 unspecified atom stereocenters. The topological polar surface area (TPSA) is 68.0 Å². The monoisotopic (exact) mass is 247 g/mol. The fourth-order valence-electron chi connectivity index (χ4n) is 1.38. The predicted molar refractivity (Wildman–Crippen MR) is 67.6 cm³/mol. The first kappa shape index (κ1) is 11.8. The first-order valence-electron chi connectivity index (χ1n) is 5.25. The van der Waals surface area contributed by atoms with Crippen LogP contribution in [0.15, 0.2) is 36.7 Å². The van der Waals surface area contributed by atoms with E-state index in [0.29, 0.717) is 18.0 Å². The zero-order valence-corrected chi connectivity index (χ0v) is 10.0. The number of aromatic nitrogens is 1. The molecule has 0 saturated carbocycles. The fourth-order valence-corrected chi connectivity index (χ4v) is 2.18. The van der Waals surface area contributed by atoms with Crippen molar-refractivity contribution in [3.63, 3.8) is 0 Å². The van der Waals surface area contributed by atoms with Gasteiger partial charge >= 0.3 is 0 Å². The van der Waals surface area contributed by atoms with E-state index in [0.717, 1.165) is 10.4 Å². The molecule has 0 aliphatic rings. The molecule has 2 aromatic rings. The molecule has 0 fully saturated rings. The molecular formula is C12H13N3OS. The number of nitrogens with two attached hydrogens (primary N) is 1.